The molecule has 0 unspecified atom stereocenters. The van der Waals surface area contributed by atoms with Crippen LogP contribution in [-0.4, -0.2) is 18.2 Å². The van der Waals surface area contributed by atoms with E-state index in [1.54, 1.807) is 0 Å². The number of hydrogen-bond donors (Lipinski definition) is 2. The van der Waals surface area contributed by atoms with E-state index in [1.807, 2.05) is 30.3 Å². The van der Waals surface area contributed by atoms with Crippen molar-refractivity contribution in [1.82, 2.24) is 10.7 Å². The maximum Gasteiger partial charge on any atom is 0.185 e. The van der Waals surface area contributed by atoms with Crippen LogP contribution in [0, 0.1) is 5.92 Å². The van der Waals surface area contributed by atoms with Crippen molar-refractivity contribution in [1.29, 1.82) is 0 Å². The lowest BCUT2D eigenvalue weighted by atomic mass is 9.86. The molecule has 0 amide bonds. The summed E-state index contributed by atoms with van der Waals surface area (Å²) in [6.07, 6.45) is 5.18. The Bertz CT molecular complexity index is 407. The highest BCUT2D eigenvalue weighted by Gasteiger charge is 2.21. The molecule has 1 aromatic rings. The molecule has 104 valence electrons. The van der Waals surface area contributed by atoms with Crippen LogP contribution in [0.25, 0.3) is 0 Å². The van der Waals surface area contributed by atoms with Crippen LogP contribution in [0.4, 0.5) is 5.69 Å². The summed E-state index contributed by atoms with van der Waals surface area (Å²) in [6, 6.07) is 10.7. The Kier molecular flexibility index (Phi) is 5.02. The van der Waals surface area contributed by atoms with Gasteiger partial charge in [0.25, 0.3) is 0 Å². The number of para-hydroxylation sites is 1. The Morgan fingerprint density at radius 1 is 1.21 bits per heavy atom. The smallest absolute Gasteiger partial charge is 0.185 e. The predicted molar refractivity (Wildman–Crippen MR) is 85.1 cm³/mol. The second-order valence-electron chi connectivity index (χ2n) is 5.35. The summed E-state index contributed by atoms with van der Waals surface area (Å²) in [7, 11) is 1.98. The molecule has 0 radical (unpaired) electrons. The lowest BCUT2D eigenvalue weighted by Crippen LogP contribution is -2.50. The third-order valence-electron chi connectivity index (χ3n) is 3.84. The summed E-state index contributed by atoms with van der Waals surface area (Å²) in [5, 5.41) is 6.11. The number of hydrazine groups is 1. The lowest BCUT2D eigenvalue weighted by molar-refractivity contribution is 0.308. The van der Waals surface area contributed by atoms with E-state index in [0.29, 0.717) is 17.1 Å². The van der Waals surface area contributed by atoms with Crippen molar-refractivity contribution >= 4 is 23.0 Å². The number of nitrogens with zero attached hydrogens (tertiary/aromatic N) is 1. The second-order valence-corrected chi connectivity index (χ2v) is 5.76. The van der Waals surface area contributed by atoms with Crippen LogP contribution >= 0.6 is 12.2 Å². The Morgan fingerprint density at radius 3 is 2.58 bits per heavy atom. The molecule has 1 fully saturated rings. The average molecular weight is 277 g/mol. The molecule has 1 aliphatic carbocycles. The first-order valence-corrected chi connectivity index (χ1v) is 7.43. The van der Waals surface area contributed by atoms with Crippen molar-refractivity contribution in [3.05, 3.63) is 30.3 Å². The van der Waals surface area contributed by atoms with Crippen LogP contribution in [0.5, 0.6) is 0 Å². The Hall–Kier alpha value is -1.29. The molecule has 0 aliphatic heterocycles. The van der Waals surface area contributed by atoms with Crippen LogP contribution < -0.4 is 15.8 Å². The van der Waals surface area contributed by atoms with Crippen LogP contribution in [0.1, 0.15) is 32.6 Å². The summed E-state index contributed by atoms with van der Waals surface area (Å²) in [5.41, 5.74) is 4.32. The quantitative estimate of drug-likeness (QED) is 0.656. The topological polar surface area (TPSA) is 27.3 Å². The van der Waals surface area contributed by atoms with Gasteiger partial charge in [-0.15, -0.1) is 0 Å². The first kappa shape index (κ1) is 14.1. The summed E-state index contributed by atoms with van der Waals surface area (Å²) >= 11 is 5.40. The number of rotatable bonds is 3. The number of anilines is 1. The fourth-order valence-electron chi connectivity index (χ4n) is 2.60. The highest BCUT2D eigenvalue weighted by Crippen LogP contribution is 2.23. The largest absolute Gasteiger partial charge is 0.358 e. The maximum absolute atomic E-state index is 5.40. The predicted octanol–water partition coefficient (Wildman–Crippen LogP) is 3.08. The molecule has 1 aliphatic rings. The molecule has 0 spiro atoms. The standard InChI is InChI=1S/C15H23N3S/c1-12-8-6-7-11-14(12)16-15(19)17-18(2)13-9-4-3-5-10-13/h3-5,9-10,12,14H,6-8,11H2,1-2H3,(H2,16,17,19)/t12-,14+/m1/s1. The van der Waals surface area contributed by atoms with E-state index in [4.69, 9.17) is 12.2 Å². The van der Waals surface area contributed by atoms with Crippen molar-refractivity contribution in [3.63, 3.8) is 0 Å². The summed E-state index contributed by atoms with van der Waals surface area (Å²) in [5.74, 6) is 0.704. The molecule has 2 atom stereocenters. The summed E-state index contributed by atoms with van der Waals surface area (Å²) in [6.45, 7) is 2.31. The van der Waals surface area contributed by atoms with Gasteiger partial charge in [0.2, 0.25) is 0 Å². The monoisotopic (exact) mass is 277 g/mol. The molecule has 0 saturated heterocycles. The fourth-order valence-corrected chi connectivity index (χ4v) is 2.89. The van der Waals surface area contributed by atoms with Crippen molar-refractivity contribution in [2.45, 2.75) is 38.6 Å². The van der Waals surface area contributed by atoms with Gasteiger partial charge in [0.05, 0.1) is 5.69 Å². The number of benzene rings is 1. The van der Waals surface area contributed by atoms with Gasteiger partial charge in [0.15, 0.2) is 5.11 Å². The van der Waals surface area contributed by atoms with Gasteiger partial charge < -0.3 is 5.32 Å². The van der Waals surface area contributed by atoms with E-state index < -0.39 is 0 Å². The van der Waals surface area contributed by atoms with E-state index in [2.05, 4.69) is 29.8 Å². The van der Waals surface area contributed by atoms with Crippen molar-refractivity contribution in [3.8, 4) is 0 Å². The SMILES string of the molecule is C[C@@H]1CCCC[C@@H]1NC(=S)NN(C)c1ccccc1. The molecule has 0 aromatic heterocycles. The second kappa shape index (κ2) is 6.75. The summed E-state index contributed by atoms with van der Waals surface area (Å²) < 4.78 is 0. The van der Waals surface area contributed by atoms with Gasteiger partial charge >= 0.3 is 0 Å². The van der Waals surface area contributed by atoms with Crippen LogP contribution in [0.15, 0.2) is 30.3 Å². The van der Waals surface area contributed by atoms with Gasteiger partial charge in [-0.2, -0.15) is 0 Å². The van der Waals surface area contributed by atoms with Gasteiger partial charge in [-0.25, -0.2) is 0 Å². The molecular weight excluding hydrogens is 254 g/mol. The molecular formula is C15H23N3S. The van der Waals surface area contributed by atoms with Crippen LogP contribution in [-0.2, 0) is 0 Å². The van der Waals surface area contributed by atoms with E-state index in [-0.39, 0.29) is 0 Å². The van der Waals surface area contributed by atoms with Crippen LogP contribution in [0.2, 0.25) is 0 Å². The lowest BCUT2D eigenvalue weighted by Gasteiger charge is -2.32. The third kappa shape index (κ3) is 4.10. The van der Waals surface area contributed by atoms with E-state index in [1.165, 1.54) is 25.7 Å². The molecule has 2 N–H and O–H groups in total. The van der Waals surface area contributed by atoms with Crippen LogP contribution in [0.3, 0.4) is 0 Å². The average Bonchev–Trinajstić information content (AvgIpc) is 2.42. The van der Waals surface area contributed by atoms with Gasteiger partial charge in [-0.3, -0.25) is 10.4 Å². The molecule has 0 bridgehead atoms. The van der Waals surface area contributed by atoms with E-state index in [9.17, 15) is 0 Å². The first-order chi connectivity index (χ1) is 9.16. The van der Waals surface area contributed by atoms with Gasteiger partial charge in [-0.1, -0.05) is 38.0 Å². The number of thiocarbonyl (C=S) groups is 1. The zero-order valence-electron chi connectivity index (χ0n) is 11.7. The minimum atomic E-state index is 0.512. The number of hydrogen-bond acceptors (Lipinski definition) is 2. The highest BCUT2D eigenvalue weighted by molar-refractivity contribution is 7.80. The summed E-state index contributed by atoms with van der Waals surface area (Å²) in [4.78, 5) is 0. The Labute approximate surface area is 121 Å². The first-order valence-electron chi connectivity index (χ1n) is 7.03. The fraction of sp³-hybridized carbons (Fsp3) is 0.533. The van der Waals surface area contributed by atoms with E-state index in [0.717, 1.165) is 5.69 Å². The Morgan fingerprint density at radius 2 is 1.89 bits per heavy atom. The molecule has 19 heavy (non-hydrogen) atoms. The highest BCUT2D eigenvalue weighted by atomic mass is 32.1. The van der Waals surface area contributed by atoms with Crippen molar-refractivity contribution in [2.75, 3.05) is 12.1 Å². The zero-order valence-corrected chi connectivity index (χ0v) is 12.5. The van der Waals surface area contributed by atoms with Crippen molar-refractivity contribution in [2.24, 2.45) is 5.92 Å². The van der Waals surface area contributed by atoms with Crippen molar-refractivity contribution < 1.29 is 0 Å². The molecule has 1 saturated carbocycles. The maximum atomic E-state index is 5.40. The molecule has 3 nitrogen and oxygen atoms in total. The van der Waals surface area contributed by atoms with E-state index >= 15 is 0 Å². The normalized spacial score (nSPS) is 22.6. The number of nitrogens with one attached hydrogen (secondary N) is 2. The minimum absolute atomic E-state index is 0.512. The van der Waals surface area contributed by atoms with Gasteiger partial charge in [0.1, 0.15) is 0 Å². The molecule has 1 aromatic carbocycles. The molecule has 2 rings (SSSR count). The minimum Gasteiger partial charge on any atom is -0.358 e. The van der Waals surface area contributed by atoms with Gasteiger partial charge in [0, 0.05) is 13.1 Å². The third-order valence-corrected chi connectivity index (χ3v) is 4.05. The zero-order chi connectivity index (χ0) is 13.7. The molecule has 0 heterocycles. The molecule has 4 heteroatoms. The van der Waals surface area contributed by atoms with Gasteiger partial charge in [-0.05, 0) is 43.1 Å². The Balaban J connectivity index is 1.84.